The van der Waals surface area contributed by atoms with Gasteiger partial charge in [0.25, 0.3) is 5.91 Å². The number of methoxy groups -OCH3 is 1. The Kier molecular flexibility index (Phi) is 9.01. The number of para-hydroxylation sites is 2. The molecule has 35 heavy (non-hydrogen) atoms. The van der Waals surface area contributed by atoms with Gasteiger partial charge in [-0.15, -0.1) is 0 Å². The zero-order valence-electron chi connectivity index (χ0n) is 19.4. The van der Waals surface area contributed by atoms with Crippen LogP contribution in [0.3, 0.4) is 0 Å². The van der Waals surface area contributed by atoms with E-state index in [1.165, 1.54) is 30.3 Å². The van der Waals surface area contributed by atoms with E-state index in [2.05, 4.69) is 10.6 Å². The van der Waals surface area contributed by atoms with Gasteiger partial charge in [-0.05, 0) is 55.0 Å². The van der Waals surface area contributed by atoms with Gasteiger partial charge in [0.15, 0.2) is 0 Å². The summed E-state index contributed by atoms with van der Waals surface area (Å²) >= 11 is 0. The molecule has 0 aliphatic rings. The van der Waals surface area contributed by atoms with Crippen LogP contribution in [0.2, 0.25) is 0 Å². The molecule has 3 aromatic rings. The summed E-state index contributed by atoms with van der Waals surface area (Å²) in [6, 6.07) is 20.7. The van der Waals surface area contributed by atoms with Gasteiger partial charge in [-0.25, -0.2) is 4.79 Å². The molecule has 3 aromatic carbocycles. The molecule has 0 unspecified atom stereocenters. The van der Waals surface area contributed by atoms with Gasteiger partial charge in [0.1, 0.15) is 11.5 Å². The number of anilines is 1. The summed E-state index contributed by atoms with van der Waals surface area (Å²) in [6.07, 6.45) is 2.30. The third-order valence-electron chi connectivity index (χ3n) is 4.85. The van der Waals surface area contributed by atoms with Crippen molar-refractivity contribution < 1.29 is 28.6 Å². The lowest BCUT2D eigenvalue weighted by Crippen LogP contribution is -2.22. The lowest BCUT2D eigenvalue weighted by Gasteiger charge is -2.12. The molecule has 0 aliphatic heterocycles. The number of hydrogen-bond donors (Lipinski definition) is 2. The van der Waals surface area contributed by atoms with Crippen LogP contribution in [-0.4, -0.2) is 31.7 Å². The second kappa shape index (κ2) is 12.6. The molecule has 0 saturated carbocycles. The topological polar surface area (TPSA) is 103 Å². The Morgan fingerprint density at radius 1 is 0.914 bits per heavy atom. The molecule has 0 radical (unpaired) electrons. The van der Waals surface area contributed by atoms with Gasteiger partial charge in [0, 0.05) is 29.4 Å². The molecular weight excluding hydrogens is 448 g/mol. The van der Waals surface area contributed by atoms with Crippen molar-refractivity contribution in [3.05, 3.63) is 95.6 Å². The molecule has 0 bridgehead atoms. The molecule has 0 aliphatic carbocycles. The van der Waals surface area contributed by atoms with Gasteiger partial charge >= 0.3 is 6.16 Å². The summed E-state index contributed by atoms with van der Waals surface area (Å²) in [5, 5.41) is 5.66. The van der Waals surface area contributed by atoms with Gasteiger partial charge in [0.2, 0.25) is 5.91 Å². The second-order valence-corrected chi connectivity index (χ2v) is 7.21. The Morgan fingerprint density at radius 2 is 1.63 bits per heavy atom. The number of carbonyl (C=O) groups is 3. The summed E-state index contributed by atoms with van der Waals surface area (Å²) < 4.78 is 15.0. The first-order valence-corrected chi connectivity index (χ1v) is 10.9. The van der Waals surface area contributed by atoms with Gasteiger partial charge in [-0.1, -0.05) is 36.4 Å². The number of carbonyl (C=O) groups excluding carboxylic acids is 3. The number of amides is 2. The van der Waals surface area contributed by atoms with Gasteiger partial charge in [-0.3, -0.25) is 9.59 Å². The highest BCUT2D eigenvalue weighted by molar-refractivity contribution is 6.04. The molecule has 0 heterocycles. The van der Waals surface area contributed by atoms with E-state index in [0.717, 1.165) is 11.1 Å². The summed E-state index contributed by atoms with van der Waals surface area (Å²) in [4.78, 5) is 36.4. The van der Waals surface area contributed by atoms with E-state index in [0.29, 0.717) is 17.0 Å². The maximum Gasteiger partial charge on any atom is 0.513 e. The fraction of sp³-hybridized carbons (Fsp3) is 0.148. The van der Waals surface area contributed by atoms with Crippen molar-refractivity contribution in [2.75, 3.05) is 19.0 Å². The van der Waals surface area contributed by atoms with E-state index in [-0.39, 0.29) is 30.7 Å². The summed E-state index contributed by atoms with van der Waals surface area (Å²) in [7, 11) is 1.57. The predicted octanol–water partition coefficient (Wildman–Crippen LogP) is 4.81. The lowest BCUT2D eigenvalue weighted by atomic mass is 10.1. The third-order valence-corrected chi connectivity index (χ3v) is 4.85. The number of hydrogen-bond acceptors (Lipinski definition) is 6. The van der Waals surface area contributed by atoms with Crippen molar-refractivity contribution in [3.8, 4) is 11.5 Å². The summed E-state index contributed by atoms with van der Waals surface area (Å²) in [5.74, 6) is 0.311. The zero-order chi connectivity index (χ0) is 25.0. The standard InChI is InChI=1S/C27H26N2O6/c1-3-34-27(32)35-22-15-12-20(13-16-22)26(31)29-23-10-6-4-9-21(23)18-28-25(30)17-14-19-8-5-7-11-24(19)33-2/h4-17H,3,18H2,1-2H3,(H,28,30)(H,29,31)/b17-14+. The smallest absolute Gasteiger partial charge is 0.496 e. The second-order valence-electron chi connectivity index (χ2n) is 7.21. The lowest BCUT2D eigenvalue weighted by molar-refractivity contribution is -0.116. The Morgan fingerprint density at radius 3 is 2.37 bits per heavy atom. The van der Waals surface area contributed by atoms with E-state index in [1.54, 1.807) is 32.2 Å². The number of ether oxygens (including phenoxy) is 3. The first-order chi connectivity index (χ1) is 17.0. The van der Waals surface area contributed by atoms with Crippen molar-refractivity contribution in [2.24, 2.45) is 0 Å². The van der Waals surface area contributed by atoms with Crippen molar-refractivity contribution >= 4 is 29.7 Å². The van der Waals surface area contributed by atoms with E-state index in [9.17, 15) is 14.4 Å². The van der Waals surface area contributed by atoms with E-state index >= 15 is 0 Å². The Balaban J connectivity index is 1.59. The molecule has 0 spiro atoms. The Hall–Kier alpha value is -4.59. The van der Waals surface area contributed by atoms with Crippen LogP contribution in [-0.2, 0) is 16.1 Å². The Bertz CT molecular complexity index is 1200. The minimum Gasteiger partial charge on any atom is -0.496 e. The fourth-order valence-corrected chi connectivity index (χ4v) is 3.12. The quantitative estimate of drug-likeness (QED) is 0.262. The molecule has 0 atom stereocenters. The van der Waals surface area contributed by atoms with Crippen molar-refractivity contribution in [1.29, 1.82) is 0 Å². The van der Waals surface area contributed by atoms with Crippen LogP contribution in [0.4, 0.5) is 10.5 Å². The van der Waals surface area contributed by atoms with Crippen LogP contribution >= 0.6 is 0 Å². The van der Waals surface area contributed by atoms with Crippen molar-refractivity contribution in [3.63, 3.8) is 0 Å². The largest absolute Gasteiger partial charge is 0.513 e. The van der Waals surface area contributed by atoms with Gasteiger partial charge < -0.3 is 24.8 Å². The number of rotatable bonds is 9. The average molecular weight is 475 g/mol. The molecule has 3 rings (SSSR count). The monoisotopic (exact) mass is 474 g/mol. The van der Waals surface area contributed by atoms with Crippen molar-refractivity contribution in [2.45, 2.75) is 13.5 Å². The predicted molar refractivity (Wildman–Crippen MR) is 132 cm³/mol. The first kappa shape index (κ1) is 25.0. The highest BCUT2D eigenvalue weighted by atomic mass is 16.7. The molecule has 0 saturated heterocycles. The van der Waals surface area contributed by atoms with Crippen LogP contribution in [0.1, 0.15) is 28.4 Å². The molecule has 8 nitrogen and oxygen atoms in total. The van der Waals surface area contributed by atoms with Crippen LogP contribution in [0.25, 0.3) is 6.08 Å². The first-order valence-electron chi connectivity index (χ1n) is 10.9. The van der Waals surface area contributed by atoms with Crippen LogP contribution < -0.4 is 20.1 Å². The van der Waals surface area contributed by atoms with E-state index < -0.39 is 6.16 Å². The summed E-state index contributed by atoms with van der Waals surface area (Å²) in [5.41, 5.74) is 2.47. The SMILES string of the molecule is CCOC(=O)Oc1ccc(C(=O)Nc2ccccc2CNC(=O)/C=C/c2ccccc2OC)cc1. The highest BCUT2D eigenvalue weighted by Gasteiger charge is 2.11. The molecule has 0 fully saturated rings. The third kappa shape index (κ3) is 7.46. The minimum atomic E-state index is -0.807. The summed E-state index contributed by atoms with van der Waals surface area (Å²) in [6.45, 7) is 2.10. The maximum absolute atomic E-state index is 12.7. The average Bonchev–Trinajstić information content (AvgIpc) is 2.87. The molecule has 2 amide bonds. The van der Waals surface area contributed by atoms with Crippen molar-refractivity contribution in [1.82, 2.24) is 5.32 Å². The highest BCUT2D eigenvalue weighted by Crippen LogP contribution is 2.20. The molecule has 8 heteroatoms. The van der Waals surface area contributed by atoms with Crippen LogP contribution in [0.15, 0.2) is 78.9 Å². The molecular formula is C27H26N2O6. The Labute approximate surface area is 203 Å². The van der Waals surface area contributed by atoms with Crippen LogP contribution in [0, 0.1) is 0 Å². The molecule has 0 aromatic heterocycles. The minimum absolute atomic E-state index is 0.206. The molecule has 2 N–H and O–H groups in total. The van der Waals surface area contributed by atoms with E-state index in [4.69, 9.17) is 14.2 Å². The fourth-order valence-electron chi connectivity index (χ4n) is 3.12. The zero-order valence-corrected chi connectivity index (χ0v) is 19.4. The number of benzene rings is 3. The normalized spacial score (nSPS) is 10.5. The van der Waals surface area contributed by atoms with E-state index in [1.807, 2.05) is 36.4 Å². The van der Waals surface area contributed by atoms with Gasteiger partial charge in [-0.2, -0.15) is 0 Å². The molecule has 180 valence electrons. The number of nitrogens with one attached hydrogen (secondary N) is 2. The van der Waals surface area contributed by atoms with Gasteiger partial charge in [0.05, 0.1) is 13.7 Å². The maximum atomic E-state index is 12.7. The van der Waals surface area contributed by atoms with Crippen LogP contribution in [0.5, 0.6) is 11.5 Å².